The Bertz CT molecular complexity index is 803. The maximum atomic E-state index is 9.44. The van der Waals surface area contributed by atoms with Crippen LogP contribution in [0.25, 0.3) is 11.1 Å². The van der Waals surface area contributed by atoms with Gasteiger partial charge in [-0.05, 0) is 11.1 Å². The molecule has 2 aromatic carbocycles. The van der Waals surface area contributed by atoms with Crippen molar-refractivity contribution < 1.29 is 14.6 Å². The molecule has 3 aromatic rings. The average Bonchev–Trinajstić information content (AvgIpc) is 3.33. The molecule has 128 valence electrons. The summed E-state index contributed by atoms with van der Waals surface area (Å²) in [5.41, 5.74) is 3.23. The quantitative estimate of drug-likeness (QED) is 0.778. The van der Waals surface area contributed by atoms with Crippen LogP contribution in [0.4, 0.5) is 0 Å². The molecule has 2 atom stereocenters. The Morgan fingerprint density at radius 2 is 1.84 bits per heavy atom. The number of aromatic nitrogens is 2. The van der Waals surface area contributed by atoms with E-state index in [0.717, 1.165) is 11.1 Å². The molecule has 2 heterocycles. The maximum absolute atomic E-state index is 9.44. The van der Waals surface area contributed by atoms with E-state index >= 15 is 0 Å². The molecule has 1 aliphatic rings. The number of benzene rings is 2. The largest absolute Gasteiger partial charge is 0.394 e. The number of hydrogen-bond donors (Lipinski definition) is 1. The van der Waals surface area contributed by atoms with Gasteiger partial charge in [-0.15, -0.1) is 0 Å². The standard InChI is InChI=1S/C20H20N2O3/c23-12-19-13-24-20(25-19,14-22-11-10-21-15-22)18-8-6-17(7-9-18)16-4-2-1-3-5-16/h1-11,15,19,23H,12-14H2/t19-,20+/m1/s1. The molecule has 1 aliphatic heterocycles. The number of hydrogen-bond acceptors (Lipinski definition) is 4. The van der Waals surface area contributed by atoms with E-state index in [9.17, 15) is 5.11 Å². The van der Waals surface area contributed by atoms with Gasteiger partial charge in [0, 0.05) is 18.0 Å². The molecule has 0 amide bonds. The highest BCUT2D eigenvalue weighted by Crippen LogP contribution is 2.36. The van der Waals surface area contributed by atoms with Crippen LogP contribution < -0.4 is 0 Å². The van der Waals surface area contributed by atoms with Gasteiger partial charge in [-0.2, -0.15) is 0 Å². The van der Waals surface area contributed by atoms with Gasteiger partial charge in [-0.25, -0.2) is 4.98 Å². The third-order valence-electron chi connectivity index (χ3n) is 4.44. The first kappa shape index (κ1) is 16.0. The van der Waals surface area contributed by atoms with Gasteiger partial charge < -0.3 is 19.1 Å². The predicted molar refractivity (Wildman–Crippen MR) is 93.7 cm³/mol. The molecule has 0 aliphatic carbocycles. The normalized spacial score (nSPS) is 23.0. The second-order valence-electron chi connectivity index (χ2n) is 6.16. The van der Waals surface area contributed by atoms with Gasteiger partial charge in [-0.3, -0.25) is 0 Å². The zero-order chi connectivity index (χ0) is 17.1. The smallest absolute Gasteiger partial charge is 0.214 e. The average molecular weight is 336 g/mol. The van der Waals surface area contributed by atoms with Crippen molar-refractivity contribution in [1.29, 1.82) is 0 Å². The van der Waals surface area contributed by atoms with Gasteiger partial charge >= 0.3 is 0 Å². The third kappa shape index (κ3) is 3.22. The molecule has 0 spiro atoms. The van der Waals surface area contributed by atoms with Crippen molar-refractivity contribution >= 4 is 0 Å². The van der Waals surface area contributed by atoms with Gasteiger partial charge in [0.05, 0.1) is 26.1 Å². The fraction of sp³-hybridized carbons (Fsp3) is 0.250. The lowest BCUT2D eigenvalue weighted by Gasteiger charge is -2.29. The van der Waals surface area contributed by atoms with Crippen LogP contribution in [0.1, 0.15) is 5.56 Å². The van der Waals surface area contributed by atoms with E-state index in [0.29, 0.717) is 13.2 Å². The van der Waals surface area contributed by atoms with Crippen LogP contribution >= 0.6 is 0 Å². The van der Waals surface area contributed by atoms with Gasteiger partial charge in [0.15, 0.2) is 0 Å². The Morgan fingerprint density at radius 3 is 2.48 bits per heavy atom. The SMILES string of the molecule is OC[C@@H]1CO[C@](Cn2ccnc2)(c2ccc(-c3ccccc3)cc2)O1. The number of ether oxygens (including phenoxy) is 2. The van der Waals surface area contributed by atoms with E-state index < -0.39 is 5.79 Å². The van der Waals surface area contributed by atoms with Crippen molar-refractivity contribution in [2.75, 3.05) is 13.2 Å². The zero-order valence-electron chi connectivity index (χ0n) is 13.8. The molecule has 0 radical (unpaired) electrons. The van der Waals surface area contributed by atoms with E-state index in [1.54, 1.807) is 12.5 Å². The van der Waals surface area contributed by atoms with E-state index in [1.165, 1.54) is 5.56 Å². The molecule has 0 saturated carbocycles. The van der Waals surface area contributed by atoms with E-state index in [4.69, 9.17) is 9.47 Å². The highest BCUT2D eigenvalue weighted by molar-refractivity contribution is 5.63. The second-order valence-corrected chi connectivity index (χ2v) is 6.16. The number of nitrogens with zero attached hydrogens (tertiary/aromatic N) is 2. The van der Waals surface area contributed by atoms with Crippen LogP contribution in [0.5, 0.6) is 0 Å². The molecule has 4 rings (SSSR count). The van der Waals surface area contributed by atoms with Crippen molar-refractivity contribution in [2.45, 2.75) is 18.4 Å². The monoisotopic (exact) mass is 336 g/mol. The van der Waals surface area contributed by atoms with E-state index in [-0.39, 0.29) is 12.7 Å². The number of aliphatic hydroxyl groups excluding tert-OH is 1. The first-order valence-electron chi connectivity index (χ1n) is 8.33. The Balaban J connectivity index is 1.65. The summed E-state index contributed by atoms with van der Waals surface area (Å²) >= 11 is 0. The van der Waals surface area contributed by atoms with Gasteiger partial charge in [0.25, 0.3) is 0 Å². The van der Waals surface area contributed by atoms with Crippen LogP contribution in [0.2, 0.25) is 0 Å². The van der Waals surface area contributed by atoms with E-state index in [2.05, 4.69) is 29.2 Å². The lowest BCUT2D eigenvalue weighted by atomic mass is 10.00. The molecule has 0 unspecified atom stereocenters. The lowest BCUT2D eigenvalue weighted by Crippen LogP contribution is -2.33. The summed E-state index contributed by atoms with van der Waals surface area (Å²) in [6.45, 7) is 0.785. The molecule has 25 heavy (non-hydrogen) atoms. The summed E-state index contributed by atoms with van der Waals surface area (Å²) in [4.78, 5) is 4.08. The second kappa shape index (κ2) is 6.80. The summed E-state index contributed by atoms with van der Waals surface area (Å²) in [6.07, 6.45) is 5.01. The fourth-order valence-corrected chi connectivity index (χ4v) is 3.15. The summed E-state index contributed by atoms with van der Waals surface area (Å²) in [5.74, 6) is -0.913. The third-order valence-corrected chi connectivity index (χ3v) is 4.44. The van der Waals surface area contributed by atoms with Gasteiger partial charge in [0.1, 0.15) is 6.10 Å². The number of aliphatic hydroxyl groups is 1. The fourth-order valence-electron chi connectivity index (χ4n) is 3.15. The Kier molecular flexibility index (Phi) is 4.36. The minimum absolute atomic E-state index is 0.0617. The minimum atomic E-state index is -0.913. The molecule has 1 aromatic heterocycles. The van der Waals surface area contributed by atoms with Crippen molar-refractivity contribution in [3.05, 3.63) is 78.9 Å². The topological polar surface area (TPSA) is 56.5 Å². The first-order chi connectivity index (χ1) is 12.3. The first-order valence-corrected chi connectivity index (χ1v) is 8.33. The molecular weight excluding hydrogens is 316 g/mol. The van der Waals surface area contributed by atoms with Crippen LogP contribution in [0.3, 0.4) is 0 Å². The summed E-state index contributed by atoms with van der Waals surface area (Å²) in [6, 6.07) is 18.4. The lowest BCUT2D eigenvalue weighted by molar-refractivity contribution is -0.190. The van der Waals surface area contributed by atoms with Crippen LogP contribution in [0, 0.1) is 0 Å². The Hall–Kier alpha value is -2.47. The van der Waals surface area contributed by atoms with Gasteiger partial charge in [-0.1, -0.05) is 54.6 Å². The van der Waals surface area contributed by atoms with Crippen molar-refractivity contribution in [3.8, 4) is 11.1 Å². The summed E-state index contributed by atoms with van der Waals surface area (Å²) in [7, 11) is 0. The molecule has 1 fully saturated rings. The van der Waals surface area contributed by atoms with Crippen molar-refractivity contribution in [2.24, 2.45) is 0 Å². The van der Waals surface area contributed by atoms with E-state index in [1.807, 2.05) is 41.1 Å². The molecule has 1 saturated heterocycles. The van der Waals surface area contributed by atoms with Crippen LogP contribution in [-0.2, 0) is 21.8 Å². The number of imidazole rings is 1. The summed E-state index contributed by atoms with van der Waals surface area (Å²) < 4.78 is 14.0. The predicted octanol–water partition coefficient (Wildman–Crippen LogP) is 2.81. The van der Waals surface area contributed by atoms with Crippen molar-refractivity contribution in [3.63, 3.8) is 0 Å². The molecule has 5 nitrogen and oxygen atoms in total. The Labute approximate surface area is 146 Å². The van der Waals surface area contributed by atoms with Gasteiger partial charge in [0.2, 0.25) is 5.79 Å². The molecule has 5 heteroatoms. The van der Waals surface area contributed by atoms with Crippen molar-refractivity contribution in [1.82, 2.24) is 9.55 Å². The highest BCUT2D eigenvalue weighted by Gasteiger charge is 2.43. The molecule has 0 bridgehead atoms. The highest BCUT2D eigenvalue weighted by atomic mass is 16.7. The zero-order valence-corrected chi connectivity index (χ0v) is 13.8. The summed E-state index contributed by atoms with van der Waals surface area (Å²) in [5, 5.41) is 9.44. The Morgan fingerprint density at radius 1 is 1.08 bits per heavy atom. The molecular formula is C20H20N2O3. The minimum Gasteiger partial charge on any atom is -0.394 e. The van der Waals surface area contributed by atoms with Crippen LogP contribution in [0.15, 0.2) is 73.3 Å². The van der Waals surface area contributed by atoms with Crippen LogP contribution in [-0.4, -0.2) is 34.0 Å². The number of rotatable bonds is 5. The maximum Gasteiger partial charge on any atom is 0.214 e. The molecule has 1 N–H and O–H groups in total.